The maximum Gasteiger partial charge on any atom is 0.0940 e. The molecule has 0 amide bonds. The lowest BCUT2D eigenvalue weighted by Gasteiger charge is -2.16. The minimum atomic E-state index is 0.756. The van der Waals surface area contributed by atoms with E-state index in [9.17, 15) is 0 Å². The van der Waals surface area contributed by atoms with Crippen molar-refractivity contribution in [2.75, 3.05) is 6.54 Å². The summed E-state index contributed by atoms with van der Waals surface area (Å²) in [6, 6.07) is 0.756. The summed E-state index contributed by atoms with van der Waals surface area (Å²) in [6.07, 6.45) is 7.21. The van der Waals surface area contributed by atoms with E-state index in [1.807, 2.05) is 17.5 Å². The zero-order valence-electron chi connectivity index (χ0n) is 9.62. The summed E-state index contributed by atoms with van der Waals surface area (Å²) >= 11 is 1.82. The average molecular weight is 224 g/mol. The second-order valence-electron chi connectivity index (χ2n) is 4.58. The third kappa shape index (κ3) is 3.02. The van der Waals surface area contributed by atoms with Gasteiger partial charge < -0.3 is 5.32 Å². The summed E-state index contributed by atoms with van der Waals surface area (Å²) in [5.41, 5.74) is 0. The topological polar surface area (TPSA) is 24.9 Å². The number of hydrogen-bond donors (Lipinski definition) is 1. The molecular formula is C12H20N2S. The molecule has 84 valence electrons. The number of rotatable bonds is 4. The molecule has 3 heteroatoms. The second kappa shape index (κ2) is 5.08. The number of hydrogen-bond acceptors (Lipinski definition) is 3. The van der Waals surface area contributed by atoms with Crippen LogP contribution in [-0.2, 0) is 6.42 Å². The monoisotopic (exact) mass is 224 g/mol. The third-order valence-electron chi connectivity index (χ3n) is 3.28. The van der Waals surface area contributed by atoms with Gasteiger partial charge in [0, 0.05) is 30.1 Å². The van der Waals surface area contributed by atoms with Crippen LogP contribution in [0.1, 0.15) is 36.1 Å². The van der Waals surface area contributed by atoms with Gasteiger partial charge in [0.2, 0.25) is 0 Å². The Kier molecular flexibility index (Phi) is 3.76. The van der Waals surface area contributed by atoms with E-state index in [2.05, 4.69) is 24.1 Å². The van der Waals surface area contributed by atoms with Crippen molar-refractivity contribution in [1.82, 2.24) is 10.3 Å². The highest BCUT2D eigenvalue weighted by Gasteiger charge is 2.22. The molecule has 0 aromatic carbocycles. The highest BCUT2D eigenvalue weighted by atomic mass is 32.1. The fourth-order valence-corrected chi connectivity index (χ4v) is 3.12. The molecule has 1 heterocycles. The van der Waals surface area contributed by atoms with Crippen LogP contribution < -0.4 is 5.32 Å². The predicted molar refractivity (Wildman–Crippen MR) is 65.4 cm³/mol. The maximum absolute atomic E-state index is 4.38. The highest BCUT2D eigenvalue weighted by molar-refractivity contribution is 7.11. The Bertz CT molecular complexity index is 308. The van der Waals surface area contributed by atoms with Gasteiger partial charge in [-0.15, -0.1) is 11.3 Å². The van der Waals surface area contributed by atoms with Crippen LogP contribution in [0, 0.1) is 12.8 Å². The lowest BCUT2D eigenvalue weighted by Crippen LogP contribution is -2.32. The molecule has 1 aliphatic rings. The fourth-order valence-electron chi connectivity index (χ4n) is 2.33. The van der Waals surface area contributed by atoms with Crippen LogP contribution in [0.25, 0.3) is 0 Å². The minimum Gasteiger partial charge on any atom is -0.313 e. The van der Waals surface area contributed by atoms with E-state index in [1.54, 1.807) is 0 Å². The molecule has 1 aromatic heterocycles. The lowest BCUT2D eigenvalue weighted by molar-refractivity contribution is 0.430. The molecule has 15 heavy (non-hydrogen) atoms. The van der Waals surface area contributed by atoms with Crippen LogP contribution in [0.2, 0.25) is 0 Å². The van der Waals surface area contributed by atoms with Gasteiger partial charge in [0.25, 0.3) is 0 Å². The Morgan fingerprint density at radius 3 is 3.00 bits per heavy atom. The van der Waals surface area contributed by atoms with Gasteiger partial charge in [-0.2, -0.15) is 0 Å². The van der Waals surface area contributed by atoms with Crippen molar-refractivity contribution in [3.8, 4) is 0 Å². The van der Waals surface area contributed by atoms with Crippen molar-refractivity contribution < 1.29 is 0 Å². The van der Waals surface area contributed by atoms with E-state index in [-0.39, 0.29) is 0 Å². The Morgan fingerprint density at radius 1 is 1.53 bits per heavy atom. The van der Waals surface area contributed by atoms with Crippen molar-refractivity contribution in [3.05, 3.63) is 16.1 Å². The van der Waals surface area contributed by atoms with Crippen molar-refractivity contribution in [2.45, 2.75) is 45.6 Å². The molecule has 2 unspecified atom stereocenters. The summed E-state index contributed by atoms with van der Waals surface area (Å²) in [6.45, 7) is 5.56. The van der Waals surface area contributed by atoms with Gasteiger partial charge in [0.05, 0.1) is 5.01 Å². The SMILES string of the molecule is Cc1cnc(CCNC2CCCC2C)s1. The Balaban J connectivity index is 1.70. The van der Waals surface area contributed by atoms with E-state index in [0.29, 0.717) is 0 Å². The van der Waals surface area contributed by atoms with E-state index >= 15 is 0 Å². The maximum atomic E-state index is 4.38. The molecule has 1 aromatic rings. The van der Waals surface area contributed by atoms with Gasteiger partial charge in [-0.3, -0.25) is 0 Å². The zero-order chi connectivity index (χ0) is 10.7. The van der Waals surface area contributed by atoms with Crippen molar-refractivity contribution in [1.29, 1.82) is 0 Å². The molecule has 0 aliphatic heterocycles. The summed E-state index contributed by atoms with van der Waals surface area (Å²) in [7, 11) is 0. The van der Waals surface area contributed by atoms with E-state index < -0.39 is 0 Å². The predicted octanol–water partition coefficient (Wildman–Crippen LogP) is 2.77. The summed E-state index contributed by atoms with van der Waals surface area (Å²) < 4.78 is 0. The Hall–Kier alpha value is -0.410. The normalized spacial score (nSPS) is 26.0. The Morgan fingerprint density at radius 2 is 2.40 bits per heavy atom. The van der Waals surface area contributed by atoms with Crippen LogP contribution in [0.3, 0.4) is 0 Å². The number of nitrogens with one attached hydrogen (secondary N) is 1. The van der Waals surface area contributed by atoms with Gasteiger partial charge in [-0.1, -0.05) is 13.3 Å². The first-order valence-electron chi connectivity index (χ1n) is 5.90. The van der Waals surface area contributed by atoms with Crippen LogP contribution in [0.15, 0.2) is 6.20 Å². The molecule has 1 saturated carbocycles. The first kappa shape index (κ1) is 11.1. The summed E-state index contributed by atoms with van der Waals surface area (Å²) in [5, 5.41) is 4.92. The van der Waals surface area contributed by atoms with Crippen LogP contribution in [0.5, 0.6) is 0 Å². The van der Waals surface area contributed by atoms with Crippen molar-refractivity contribution in [2.24, 2.45) is 5.92 Å². The largest absolute Gasteiger partial charge is 0.313 e. The van der Waals surface area contributed by atoms with Gasteiger partial charge in [-0.05, 0) is 25.7 Å². The van der Waals surface area contributed by atoms with E-state index in [0.717, 1.165) is 24.9 Å². The zero-order valence-corrected chi connectivity index (χ0v) is 10.4. The number of aromatic nitrogens is 1. The smallest absolute Gasteiger partial charge is 0.0940 e. The molecule has 0 saturated heterocycles. The third-order valence-corrected chi connectivity index (χ3v) is 4.25. The highest BCUT2D eigenvalue weighted by Crippen LogP contribution is 2.24. The molecule has 2 nitrogen and oxygen atoms in total. The van der Waals surface area contributed by atoms with Gasteiger partial charge in [-0.25, -0.2) is 4.98 Å². The molecule has 2 atom stereocenters. The molecule has 1 fully saturated rings. The number of thiazole rings is 1. The number of nitrogens with zero attached hydrogens (tertiary/aromatic N) is 1. The van der Waals surface area contributed by atoms with Crippen molar-refractivity contribution >= 4 is 11.3 Å². The summed E-state index contributed by atoms with van der Waals surface area (Å²) in [4.78, 5) is 5.70. The van der Waals surface area contributed by atoms with Crippen molar-refractivity contribution in [3.63, 3.8) is 0 Å². The molecule has 1 N–H and O–H groups in total. The molecule has 0 radical (unpaired) electrons. The first-order valence-corrected chi connectivity index (χ1v) is 6.72. The molecule has 0 bridgehead atoms. The molecule has 0 spiro atoms. The van der Waals surface area contributed by atoms with E-state index in [1.165, 1.54) is 29.1 Å². The standard InChI is InChI=1S/C12H20N2S/c1-9-4-3-5-11(9)13-7-6-12-14-8-10(2)15-12/h8-9,11,13H,3-7H2,1-2H3. The van der Waals surface area contributed by atoms with Crippen LogP contribution in [0.4, 0.5) is 0 Å². The second-order valence-corrected chi connectivity index (χ2v) is 5.90. The molecule has 1 aliphatic carbocycles. The quantitative estimate of drug-likeness (QED) is 0.850. The first-order chi connectivity index (χ1) is 7.25. The van der Waals surface area contributed by atoms with Crippen LogP contribution in [-0.4, -0.2) is 17.6 Å². The lowest BCUT2D eigenvalue weighted by atomic mass is 10.1. The van der Waals surface area contributed by atoms with Gasteiger partial charge >= 0.3 is 0 Å². The molecular weight excluding hydrogens is 204 g/mol. The number of aryl methyl sites for hydroxylation is 1. The Labute approximate surface area is 96.1 Å². The van der Waals surface area contributed by atoms with Gasteiger partial charge in [0.1, 0.15) is 0 Å². The van der Waals surface area contributed by atoms with Gasteiger partial charge in [0.15, 0.2) is 0 Å². The fraction of sp³-hybridized carbons (Fsp3) is 0.750. The van der Waals surface area contributed by atoms with Crippen LogP contribution >= 0.6 is 11.3 Å². The summed E-state index contributed by atoms with van der Waals surface area (Å²) in [5.74, 6) is 0.864. The van der Waals surface area contributed by atoms with E-state index in [4.69, 9.17) is 0 Å². The molecule has 2 rings (SSSR count). The minimum absolute atomic E-state index is 0.756. The average Bonchev–Trinajstić information content (AvgIpc) is 2.77.